The summed E-state index contributed by atoms with van der Waals surface area (Å²) >= 11 is 0.615. The number of methoxy groups -OCH3 is 2. The molecule has 2 N–H and O–H groups in total. The largest absolute Gasteiger partial charge is 0.466 e. The molecule has 0 bridgehead atoms. The standard InChI is InChI=1S/C21H19N3O6S/c1-29-17(25)13-16(20(28)30-2)31-21(22-18(26)14-9-5-3-6-10-14)24-23-19(27)15-11-7-4-8-12-15/h3-13H,1-2H3,(H,23,27)(H,22,24,26)/b16-13-. The number of hydrazone groups is 1. The summed E-state index contributed by atoms with van der Waals surface area (Å²) in [6.07, 6.45) is 0.889. The van der Waals surface area contributed by atoms with Gasteiger partial charge in [-0.25, -0.2) is 15.0 Å². The fraction of sp³-hybridized carbons (Fsp3) is 0.0952. The van der Waals surface area contributed by atoms with Gasteiger partial charge in [-0.3, -0.25) is 14.9 Å². The van der Waals surface area contributed by atoms with Crippen molar-refractivity contribution in [2.75, 3.05) is 14.2 Å². The first-order valence-electron chi connectivity index (χ1n) is 8.80. The average molecular weight is 441 g/mol. The van der Waals surface area contributed by atoms with Gasteiger partial charge in [-0.15, -0.1) is 5.10 Å². The van der Waals surface area contributed by atoms with Crippen molar-refractivity contribution in [3.63, 3.8) is 0 Å². The molecule has 2 amide bonds. The molecule has 9 nitrogen and oxygen atoms in total. The lowest BCUT2D eigenvalue weighted by molar-refractivity contribution is -0.137. The highest BCUT2D eigenvalue weighted by atomic mass is 32.2. The maximum absolute atomic E-state index is 12.5. The summed E-state index contributed by atoms with van der Waals surface area (Å²) < 4.78 is 9.18. The average Bonchev–Trinajstić information content (AvgIpc) is 2.82. The highest BCUT2D eigenvalue weighted by Crippen LogP contribution is 2.19. The summed E-state index contributed by atoms with van der Waals surface area (Å²) in [5.41, 5.74) is 2.96. The van der Waals surface area contributed by atoms with Crippen LogP contribution in [0, 0.1) is 0 Å². The number of thioether (sulfide) groups is 1. The molecule has 0 aliphatic carbocycles. The van der Waals surface area contributed by atoms with Crippen molar-refractivity contribution in [1.29, 1.82) is 0 Å². The predicted molar refractivity (Wildman–Crippen MR) is 115 cm³/mol. The molecule has 0 unspecified atom stereocenters. The van der Waals surface area contributed by atoms with Crippen molar-refractivity contribution in [2.24, 2.45) is 5.10 Å². The number of nitrogens with one attached hydrogen (secondary N) is 2. The van der Waals surface area contributed by atoms with Crippen molar-refractivity contribution in [3.05, 3.63) is 82.8 Å². The Morgan fingerprint density at radius 1 is 0.839 bits per heavy atom. The van der Waals surface area contributed by atoms with Gasteiger partial charge >= 0.3 is 11.9 Å². The molecule has 31 heavy (non-hydrogen) atoms. The molecule has 2 aromatic rings. The number of rotatable bonds is 6. The molecule has 0 fully saturated rings. The van der Waals surface area contributed by atoms with E-state index in [9.17, 15) is 19.2 Å². The smallest absolute Gasteiger partial charge is 0.345 e. The first-order valence-corrected chi connectivity index (χ1v) is 9.61. The Morgan fingerprint density at radius 3 is 1.90 bits per heavy atom. The third-order valence-electron chi connectivity index (χ3n) is 3.59. The number of ether oxygens (including phenoxy) is 2. The second-order valence-electron chi connectivity index (χ2n) is 5.67. The van der Waals surface area contributed by atoms with E-state index < -0.39 is 23.8 Å². The van der Waals surface area contributed by atoms with Gasteiger partial charge in [-0.1, -0.05) is 36.4 Å². The number of esters is 2. The van der Waals surface area contributed by atoms with Crippen LogP contribution in [0.3, 0.4) is 0 Å². The zero-order valence-corrected chi connectivity index (χ0v) is 17.5. The van der Waals surface area contributed by atoms with Crippen molar-refractivity contribution >= 4 is 40.7 Å². The number of nitrogens with zero attached hydrogens (tertiary/aromatic N) is 1. The van der Waals surface area contributed by atoms with E-state index in [1.54, 1.807) is 60.7 Å². The predicted octanol–water partition coefficient (Wildman–Crippen LogP) is 2.08. The van der Waals surface area contributed by atoms with Gasteiger partial charge in [0, 0.05) is 17.2 Å². The Morgan fingerprint density at radius 2 is 1.39 bits per heavy atom. The molecule has 0 atom stereocenters. The Hall–Kier alpha value is -3.92. The van der Waals surface area contributed by atoms with Crippen LogP contribution in [-0.4, -0.2) is 43.1 Å². The van der Waals surface area contributed by atoms with Gasteiger partial charge in [0.15, 0.2) is 5.17 Å². The minimum absolute atomic E-state index is 0.168. The second-order valence-corrected chi connectivity index (χ2v) is 6.70. The summed E-state index contributed by atoms with van der Waals surface area (Å²) in [6.45, 7) is 0. The second kappa shape index (κ2) is 11.9. The van der Waals surface area contributed by atoms with Gasteiger partial charge in [-0.2, -0.15) is 0 Å². The van der Waals surface area contributed by atoms with Crippen molar-refractivity contribution in [2.45, 2.75) is 0 Å². The highest BCUT2D eigenvalue weighted by molar-refractivity contribution is 8.17. The third kappa shape index (κ3) is 7.44. The van der Waals surface area contributed by atoms with Crippen molar-refractivity contribution in [3.8, 4) is 0 Å². The lowest BCUT2D eigenvalue weighted by atomic mass is 10.2. The van der Waals surface area contributed by atoms with Crippen LogP contribution in [0.2, 0.25) is 0 Å². The quantitative estimate of drug-likeness (QED) is 0.231. The number of carbonyl (C=O) groups is 4. The summed E-state index contributed by atoms with van der Waals surface area (Å²) in [4.78, 5) is 48.2. The zero-order valence-electron chi connectivity index (χ0n) is 16.7. The molecule has 0 aliphatic rings. The number of benzene rings is 2. The molecule has 0 saturated heterocycles. The van der Waals surface area contributed by atoms with E-state index in [1.807, 2.05) is 0 Å². The molecule has 0 heterocycles. The molecular weight excluding hydrogens is 422 g/mol. The van der Waals surface area contributed by atoms with E-state index in [-0.39, 0.29) is 10.1 Å². The normalized spacial score (nSPS) is 11.3. The van der Waals surface area contributed by atoms with Crippen LogP contribution in [0.25, 0.3) is 0 Å². The van der Waals surface area contributed by atoms with E-state index in [4.69, 9.17) is 0 Å². The summed E-state index contributed by atoms with van der Waals surface area (Å²) in [5.74, 6) is -2.74. The lowest BCUT2D eigenvalue weighted by Gasteiger charge is -2.10. The van der Waals surface area contributed by atoms with Crippen LogP contribution < -0.4 is 10.7 Å². The monoisotopic (exact) mass is 441 g/mol. The molecule has 2 aromatic carbocycles. The fourth-order valence-corrected chi connectivity index (χ4v) is 2.86. The molecule has 0 aromatic heterocycles. The van der Waals surface area contributed by atoms with Gasteiger partial charge < -0.3 is 9.47 Å². The van der Waals surface area contributed by atoms with Crippen LogP contribution in [0.4, 0.5) is 0 Å². The van der Waals surface area contributed by atoms with Crippen molar-refractivity contribution < 1.29 is 28.7 Å². The van der Waals surface area contributed by atoms with Gasteiger partial charge in [-0.05, 0) is 36.0 Å². The summed E-state index contributed by atoms with van der Waals surface area (Å²) in [7, 11) is 2.27. The zero-order chi connectivity index (χ0) is 22.6. The minimum atomic E-state index is -0.855. The molecule has 10 heteroatoms. The first kappa shape index (κ1) is 23.4. The molecule has 0 spiro atoms. The van der Waals surface area contributed by atoms with Crippen LogP contribution in [0.5, 0.6) is 0 Å². The lowest BCUT2D eigenvalue weighted by Crippen LogP contribution is -2.32. The van der Waals surface area contributed by atoms with E-state index in [1.165, 1.54) is 0 Å². The highest BCUT2D eigenvalue weighted by Gasteiger charge is 2.19. The molecule has 160 valence electrons. The first-order chi connectivity index (χ1) is 14.9. The van der Waals surface area contributed by atoms with Crippen LogP contribution in [0.1, 0.15) is 20.7 Å². The van der Waals surface area contributed by atoms with Gasteiger partial charge in [0.05, 0.1) is 14.2 Å². The maximum Gasteiger partial charge on any atom is 0.345 e. The van der Waals surface area contributed by atoms with Gasteiger partial charge in [0.2, 0.25) is 0 Å². The van der Waals surface area contributed by atoms with E-state index in [0.717, 1.165) is 20.3 Å². The summed E-state index contributed by atoms with van der Waals surface area (Å²) in [6, 6.07) is 16.5. The van der Waals surface area contributed by atoms with Gasteiger partial charge in [0.25, 0.3) is 11.8 Å². The molecular formula is C21H19N3O6S. The Labute approximate surface area is 182 Å². The number of hydrogen-bond acceptors (Lipinski definition) is 8. The van der Waals surface area contributed by atoms with E-state index in [2.05, 4.69) is 25.3 Å². The molecule has 0 radical (unpaired) electrons. The molecule has 2 rings (SSSR count). The van der Waals surface area contributed by atoms with Crippen molar-refractivity contribution in [1.82, 2.24) is 10.7 Å². The molecule has 0 aliphatic heterocycles. The van der Waals surface area contributed by atoms with Crippen LogP contribution >= 0.6 is 11.8 Å². The topological polar surface area (TPSA) is 123 Å². The van der Waals surface area contributed by atoms with Crippen LogP contribution in [0.15, 0.2) is 76.7 Å². The number of hydrogen-bond donors (Lipinski definition) is 2. The Balaban J connectivity index is 2.30. The minimum Gasteiger partial charge on any atom is -0.466 e. The van der Waals surface area contributed by atoms with Gasteiger partial charge in [0.1, 0.15) is 4.91 Å². The van der Waals surface area contributed by atoms with Crippen LogP contribution in [-0.2, 0) is 19.1 Å². The van der Waals surface area contributed by atoms with E-state index >= 15 is 0 Å². The molecule has 0 saturated carbocycles. The maximum atomic E-state index is 12.5. The Bertz CT molecular complexity index is 1010. The Kier molecular flexibility index (Phi) is 8.99. The fourth-order valence-electron chi connectivity index (χ4n) is 2.09. The third-order valence-corrected chi connectivity index (χ3v) is 4.49. The number of amides is 2. The SMILES string of the molecule is COC(=O)/C=C(\S/C(=N\NC(=O)c1ccccc1)NC(=O)c1ccccc1)C(=O)OC. The number of amidine groups is 1. The summed E-state index contributed by atoms with van der Waals surface area (Å²) in [5, 5.41) is 6.23. The van der Waals surface area contributed by atoms with E-state index in [0.29, 0.717) is 22.9 Å². The number of carbonyl (C=O) groups excluding carboxylic acids is 4.